The van der Waals surface area contributed by atoms with Crippen LogP contribution in [0.4, 0.5) is 0 Å². The summed E-state index contributed by atoms with van der Waals surface area (Å²) >= 11 is 2.57. The van der Waals surface area contributed by atoms with Crippen LogP contribution in [0.5, 0.6) is 0 Å². The molecule has 2 radical (unpaired) electrons. The van der Waals surface area contributed by atoms with Crippen molar-refractivity contribution in [3.63, 3.8) is 0 Å². The Kier molecular flexibility index (Phi) is 10.9. The van der Waals surface area contributed by atoms with Crippen LogP contribution >= 0.6 is 31.3 Å². The molecule has 3 aromatic rings. The van der Waals surface area contributed by atoms with Gasteiger partial charge in [0.15, 0.2) is 7.57 Å². The van der Waals surface area contributed by atoms with E-state index in [1.165, 1.54) is 49.5 Å². The third-order valence-electron chi connectivity index (χ3n) is 7.40. The maximum atomic E-state index is 13.5. The van der Waals surface area contributed by atoms with Crippen LogP contribution in [0.1, 0.15) is 49.9 Å². The third-order valence-corrected chi connectivity index (χ3v) is 9.82. The molecule has 2 aliphatic rings. The Morgan fingerprint density at radius 2 is 2.09 bits per heavy atom. The SMILES string of the molecule is [B]P(C)OC(=O)C1=C(C[n+]2cccc3c2ncn3CCCCCCC)CSC2C(NC(=O)/C(=N\OC)c3nsc(C)n3)C(=O)N12. The van der Waals surface area contributed by atoms with Gasteiger partial charge in [0.25, 0.3) is 11.8 Å². The van der Waals surface area contributed by atoms with Crippen LogP contribution in [0.2, 0.25) is 0 Å². The Bertz CT molecular complexity index is 1640. The lowest BCUT2D eigenvalue weighted by atomic mass is 10.0. The number of rotatable bonds is 14. The van der Waals surface area contributed by atoms with Gasteiger partial charge in [-0.1, -0.05) is 37.8 Å². The van der Waals surface area contributed by atoms with Crippen molar-refractivity contribution in [2.45, 2.75) is 70.5 Å². The van der Waals surface area contributed by atoms with Crippen molar-refractivity contribution in [2.75, 3.05) is 19.5 Å². The second kappa shape index (κ2) is 14.8. The zero-order valence-corrected chi connectivity index (χ0v) is 28.2. The summed E-state index contributed by atoms with van der Waals surface area (Å²) in [4.78, 5) is 55.2. The van der Waals surface area contributed by atoms with Gasteiger partial charge in [-0.15, -0.1) is 11.8 Å². The normalized spacial score (nSPS) is 18.9. The first-order valence-electron chi connectivity index (χ1n) is 14.7. The number of nitrogens with one attached hydrogen (secondary N) is 1. The van der Waals surface area contributed by atoms with Gasteiger partial charge >= 0.3 is 11.6 Å². The first-order chi connectivity index (χ1) is 21.7. The number of carbonyl (C=O) groups is 3. The highest BCUT2D eigenvalue weighted by atomic mass is 32.2. The predicted molar refractivity (Wildman–Crippen MR) is 174 cm³/mol. The molecule has 45 heavy (non-hydrogen) atoms. The Hall–Kier alpha value is -3.36. The molecular formula is C28H35BN8O5PS2+. The maximum Gasteiger partial charge on any atom is 0.357 e. The highest BCUT2D eigenvalue weighted by molar-refractivity contribution is 8.00. The molecule has 3 aromatic heterocycles. The second-order valence-electron chi connectivity index (χ2n) is 10.7. The number of thioether (sulfide) groups is 1. The van der Waals surface area contributed by atoms with E-state index in [0.717, 1.165) is 35.7 Å². The van der Waals surface area contributed by atoms with Crippen LogP contribution in [0.15, 0.2) is 41.1 Å². The molecule has 0 saturated carbocycles. The second-order valence-corrected chi connectivity index (χ2v) is 14.0. The van der Waals surface area contributed by atoms with Crippen LogP contribution in [0.25, 0.3) is 11.2 Å². The molecular weight excluding hydrogens is 634 g/mol. The van der Waals surface area contributed by atoms with Gasteiger partial charge in [-0.05, 0) is 48.7 Å². The number of hydrogen-bond acceptors (Lipinski definition) is 11. The molecule has 0 bridgehead atoms. The van der Waals surface area contributed by atoms with E-state index in [2.05, 4.69) is 36.3 Å². The van der Waals surface area contributed by atoms with E-state index in [9.17, 15) is 14.4 Å². The molecule has 1 fully saturated rings. The number of carbonyl (C=O) groups excluding carboxylic acids is 3. The van der Waals surface area contributed by atoms with E-state index >= 15 is 0 Å². The standard InChI is InChI=1S/C28H34BN8O5PS2/c1-5-6-7-8-9-12-36-16-30-24-19(36)11-10-13-35(24)14-18-15-44-27-21(26(39)37(27)22(18)28(40)42-43(4)29)32-25(38)20(33-41-3)23-31-17(2)45-34-23/h10-11,13,16,21,27H,5-9,12,14-15H2,1-4H3/p+1/b33-20-. The number of nitrogens with zero attached hydrogens (tertiary/aromatic N) is 7. The van der Waals surface area contributed by atoms with Crippen molar-refractivity contribution in [3.05, 3.63) is 46.8 Å². The molecule has 3 atom stereocenters. The van der Waals surface area contributed by atoms with Crippen molar-refractivity contribution < 1.29 is 28.3 Å². The monoisotopic (exact) mass is 669 g/mol. The van der Waals surface area contributed by atoms with Crippen LogP contribution in [0.3, 0.4) is 0 Å². The molecule has 1 saturated heterocycles. The van der Waals surface area contributed by atoms with Gasteiger partial charge in [0.1, 0.15) is 41.3 Å². The molecule has 17 heteroatoms. The quantitative estimate of drug-likeness (QED) is 0.0521. The Labute approximate surface area is 272 Å². The number of hydrogen-bond donors (Lipinski definition) is 1. The highest BCUT2D eigenvalue weighted by Crippen LogP contribution is 2.42. The number of imidazole rings is 1. The molecule has 1 N–H and O–H groups in total. The first kappa shape index (κ1) is 33.0. The fourth-order valence-corrected chi connectivity index (χ4v) is 7.48. The zero-order chi connectivity index (χ0) is 32.1. The van der Waals surface area contributed by atoms with E-state index in [1.54, 1.807) is 13.6 Å². The van der Waals surface area contributed by atoms with Gasteiger partial charge in [0.05, 0.1) is 6.20 Å². The number of amides is 2. The average Bonchev–Trinajstić information content (AvgIpc) is 3.64. The number of β-lactam (4-membered cyclic amide) rings is 1. The van der Waals surface area contributed by atoms with E-state index in [0.29, 0.717) is 22.9 Å². The molecule has 236 valence electrons. The molecule has 2 amide bonds. The first-order valence-corrected chi connectivity index (χ1v) is 18.3. The molecule has 0 aliphatic carbocycles. The van der Waals surface area contributed by atoms with E-state index < -0.39 is 37.2 Å². The van der Waals surface area contributed by atoms with Gasteiger partial charge in [-0.3, -0.25) is 14.5 Å². The molecule has 5 rings (SSSR count). The molecule has 0 spiro atoms. The molecule has 5 heterocycles. The molecule has 13 nitrogen and oxygen atoms in total. The summed E-state index contributed by atoms with van der Waals surface area (Å²) in [5, 5.41) is 6.63. The Balaban J connectivity index is 1.37. The van der Waals surface area contributed by atoms with Crippen LogP contribution in [-0.4, -0.2) is 85.8 Å². The number of aromatic nitrogens is 5. The highest BCUT2D eigenvalue weighted by Gasteiger charge is 2.55. The average molecular weight is 670 g/mol. The Morgan fingerprint density at radius 1 is 1.29 bits per heavy atom. The lowest BCUT2D eigenvalue weighted by molar-refractivity contribution is -0.664. The van der Waals surface area contributed by atoms with Crippen molar-refractivity contribution in [1.29, 1.82) is 0 Å². The van der Waals surface area contributed by atoms with Crippen LogP contribution in [-0.2, 0) is 36.8 Å². The van der Waals surface area contributed by atoms with Gasteiger partial charge in [-0.2, -0.15) is 4.37 Å². The molecule has 2 aliphatic heterocycles. The fourth-order valence-electron chi connectivity index (χ4n) is 5.33. The van der Waals surface area contributed by atoms with Crippen molar-refractivity contribution in [1.82, 2.24) is 29.1 Å². The van der Waals surface area contributed by atoms with Crippen LogP contribution in [0, 0.1) is 6.92 Å². The summed E-state index contributed by atoms with van der Waals surface area (Å²) in [5.74, 6) is -1.25. The van der Waals surface area contributed by atoms with E-state index in [4.69, 9.17) is 16.9 Å². The summed E-state index contributed by atoms with van der Waals surface area (Å²) < 4.78 is 13.7. The lowest BCUT2D eigenvalue weighted by Gasteiger charge is -2.49. The van der Waals surface area contributed by atoms with Gasteiger partial charge < -0.3 is 19.2 Å². The smallest absolute Gasteiger partial charge is 0.357 e. The summed E-state index contributed by atoms with van der Waals surface area (Å²) in [6.07, 6.45) is 9.68. The summed E-state index contributed by atoms with van der Waals surface area (Å²) in [6.45, 7) is 6.77. The number of aryl methyl sites for hydroxylation is 2. The zero-order valence-electron chi connectivity index (χ0n) is 25.6. The molecule has 0 aromatic carbocycles. The molecule has 3 unspecified atom stereocenters. The summed E-state index contributed by atoms with van der Waals surface area (Å²) in [7, 11) is 5.65. The largest absolute Gasteiger partial charge is 0.452 e. The van der Waals surface area contributed by atoms with E-state index in [-0.39, 0.29) is 17.2 Å². The van der Waals surface area contributed by atoms with E-state index in [1.807, 2.05) is 29.2 Å². The number of fused-ring (bicyclic) bond motifs is 2. The summed E-state index contributed by atoms with van der Waals surface area (Å²) in [6, 6.07) is 3.09. The minimum atomic E-state index is -1.53. The van der Waals surface area contributed by atoms with Crippen LogP contribution < -0.4 is 9.88 Å². The van der Waals surface area contributed by atoms with Gasteiger partial charge in [-0.25, -0.2) is 14.3 Å². The third kappa shape index (κ3) is 7.23. The summed E-state index contributed by atoms with van der Waals surface area (Å²) in [5.41, 5.74) is 2.49. The minimum absolute atomic E-state index is 0.104. The minimum Gasteiger partial charge on any atom is -0.452 e. The van der Waals surface area contributed by atoms with Crippen molar-refractivity contribution in [3.8, 4) is 0 Å². The van der Waals surface area contributed by atoms with Gasteiger partial charge in [0.2, 0.25) is 17.9 Å². The maximum absolute atomic E-state index is 13.5. The number of unbranched alkanes of at least 4 members (excludes halogenated alkanes) is 4. The number of oxime groups is 1. The lowest BCUT2D eigenvalue weighted by Crippen LogP contribution is -2.71. The van der Waals surface area contributed by atoms with Crippen molar-refractivity contribution >= 4 is 73.5 Å². The number of pyridine rings is 1. The fraction of sp³-hybridized carbons (Fsp3) is 0.500. The topological polar surface area (TPSA) is 145 Å². The predicted octanol–water partition coefficient (Wildman–Crippen LogP) is 2.81. The van der Waals surface area contributed by atoms with Crippen molar-refractivity contribution in [2.24, 2.45) is 5.16 Å². The van der Waals surface area contributed by atoms with Gasteiger partial charge in [0, 0.05) is 25.9 Å². The Morgan fingerprint density at radius 3 is 2.80 bits per heavy atom.